The third-order valence-electron chi connectivity index (χ3n) is 1.83. The highest BCUT2D eigenvalue weighted by atomic mass is 79.9. The molecule has 1 aromatic carbocycles. The van der Waals surface area contributed by atoms with Crippen LogP contribution in [0.1, 0.15) is 5.56 Å². The van der Waals surface area contributed by atoms with Gasteiger partial charge in [-0.25, -0.2) is 4.98 Å². The fourth-order valence-corrected chi connectivity index (χ4v) is 2.09. The van der Waals surface area contributed by atoms with Crippen LogP contribution in [-0.2, 0) is 0 Å². The smallest absolute Gasteiger partial charge is 0.183 e. The van der Waals surface area contributed by atoms with Crippen molar-refractivity contribution >= 4 is 43.7 Å². The maximum atomic E-state index is 4.44. The van der Waals surface area contributed by atoms with Gasteiger partial charge in [-0.15, -0.1) is 17.0 Å². The molecule has 0 aliphatic heterocycles. The average molecular weight is 259 g/mol. The summed E-state index contributed by atoms with van der Waals surface area (Å²) < 4.78 is 1.25. The number of nitrogens with zero attached hydrogens (tertiary/aromatic N) is 1. The van der Waals surface area contributed by atoms with E-state index in [1.807, 2.05) is 7.05 Å². The first kappa shape index (κ1) is 10.5. The number of rotatable bonds is 1. The summed E-state index contributed by atoms with van der Waals surface area (Å²) in [5.74, 6) is 0. The fraction of sp³-hybridized carbons (Fsp3) is 0.222. The van der Waals surface area contributed by atoms with Crippen LogP contribution in [0.15, 0.2) is 18.2 Å². The Balaban J connectivity index is 0.000000845. The standard InChI is InChI=1S/C9H10N2S.BrH/c1-6-4-3-5-7-8(6)11-9(10-2)12-7;/h3-5H,1-2H3,(H,10,11);1H. The first-order valence-electron chi connectivity index (χ1n) is 3.85. The summed E-state index contributed by atoms with van der Waals surface area (Å²) in [7, 11) is 1.90. The molecule has 2 rings (SSSR count). The lowest BCUT2D eigenvalue weighted by atomic mass is 10.2. The van der Waals surface area contributed by atoms with E-state index in [0.717, 1.165) is 10.6 Å². The first-order valence-corrected chi connectivity index (χ1v) is 4.67. The topological polar surface area (TPSA) is 24.9 Å². The minimum atomic E-state index is 0. The molecule has 0 radical (unpaired) electrons. The molecule has 1 aromatic heterocycles. The Kier molecular flexibility index (Phi) is 3.27. The van der Waals surface area contributed by atoms with Crippen LogP contribution in [0, 0.1) is 6.92 Å². The maximum absolute atomic E-state index is 4.44. The van der Waals surface area contributed by atoms with E-state index in [4.69, 9.17) is 0 Å². The zero-order valence-electron chi connectivity index (χ0n) is 7.50. The van der Waals surface area contributed by atoms with Crippen LogP contribution in [-0.4, -0.2) is 12.0 Å². The molecule has 0 unspecified atom stereocenters. The number of hydrogen-bond donors (Lipinski definition) is 1. The number of nitrogens with one attached hydrogen (secondary N) is 1. The number of aromatic nitrogens is 1. The van der Waals surface area contributed by atoms with Gasteiger partial charge >= 0.3 is 0 Å². The number of fused-ring (bicyclic) bond motifs is 1. The molecule has 0 bridgehead atoms. The molecule has 13 heavy (non-hydrogen) atoms. The van der Waals surface area contributed by atoms with Gasteiger partial charge in [-0.3, -0.25) is 0 Å². The molecule has 0 atom stereocenters. The van der Waals surface area contributed by atoms with E-state index in [1.54, 1.807) is 11.3 Å². The second-order valence-corrected chi connectivity index (χ2v) is 3.72. The Morgan fingerprint density at radius 3 is 2.77 bits per heavy atom. The quantitative estimate of drug-likeness (QED) is 0.850. The molecule has 1 heterocycles. The van der Waals surface area contributed by atoms with E-state index in [-0.39, 0.29) is 17.0 Å². The second kappa shape index (κ2) is 4.07. The van der Waals surface area contributed by atoms with Crippen molar-refractivity contribution in [3.05, 3.63) is 23.8 Å². The highest BCUT2D eigenvalue weighted by molar-refractivity contribution is 8.93. The summed E-state index contributed by atoms with van der Waals surface area (Å²) in [4.78, 5) is 4.44. The molecule has 0 saturated carbocycles. The van der Waals surface area contributed by atoms with Crippen molar-refractivity contribution < 1.29 is 0 Å². The number of para-hydroxylation sites is 1. The molecule has 1 N–H and O–H groups in total. The van der Waals surface area contributed by atoms with Crippen molar-refractivity contribution in [2.45, 2.75) is 6.92 Å². The molecule has 0 aliphatic rings. The lowest BCUT2D eigenvalue weighted by Gasteiger charge is -1.90. The van der Waals surface area contributed by atoms with Gasteiger partial charge in [0.25, 0.3) is 0 Å². The minimum absolute atomic E-state index is 0. The summed E-state index contributed by atoms with van der Waals surface area (Å²) in [5.41, 5.74) is 2.36. The number of thiazole rings is 1. The van der Waals surface area contributed by atoms with Crippen molar-refractivity contribution in [2.75, 3.05) is 12.4 Å². The molecule has 0 spiro atoms. The van der Waals surface area contributed by atoms with Crippen LogP contribution in [0.5, 0.6) is 0 Å². The predicted octanol–water partition coefficient (Wildman–Crippen LogP) is 3.22. The molecule has 70 valence electrons. The zero-order valence-corrected chi connectivity index (χ0v) is 10.0. The van der Waals surface area contributed by atoms with Crippen molar-refractivity contribution in [1.29, 1.82) is 0 Å². The van der Waals surface area contributed by atoms with Gasteiger partial charge in [0.15, 0.2) is 5.13 Å². The molecular formula is C9H11BrN2S. The van der Waals surface area contributed by atoms with Crippen LogP contribution in [0.3, 0.4) is 0 Å². The van der Waals surface area contributed by atoms with E-state index < -0.39 is 0 Å². The number of benzene rings is 1. The average Bonchev–Trinajstić information content (AvgIpc) is 2.49. The van der Waals surface area contributed by atoms with Crippen molar-refractivity contribution in [1.82, 2.24) is 4.98 Å². The Hall–Kier alpha value is -0.610. The van der Waals surface area contributed by atoms with Crippen LogP contribution in [0.2, 0.25) is 0 Å². The lowest BCUT2D eigenvalue weighted by molar-refractivity contribution is 1.38. The molecule has 0 fully saturated rings. The molecule has 0 aliphatic carbocycles. The van der Waals surface area contributed by atoms with Gasteiger partial charge in [0.05, 0.1) is 10.2 Å². The van der Waals surface area contributed by atoms with Crippen LogP contribution >= 0.6 is 28.3 Å². The number of halogens is 1. The van der Waals surface area contributed by atoms with Gasteiger partial charge in [0, 0.05) is 7.05 Å². The third-order valence-corrected chi connectivity index (χ3v) is 2.87. The van der Waals surface area contributed by atoms with Crippen LogP contribution in [0.4, 0.5) is 5.13 Å². The molecule has 2 nitrogen and oxygen atoms in total. The van der Waals surface area contributed by atoms with Gasteiger partial charge < -0.3 is 5.32 Å². The second-order valence-electron chi connectivity index (χ2n) is 2.69. The van der Waals surface area contributed by atoms with E-state index in [1.165, 1.54) is 10.3 Å². The van der Waals surface area contributed by atoms with E-state index in [9.17, 15) is 0 Å². The Bertz CT molecular complexity index is 411. The van der Waals surface area contributed by atoms with Gasteiger partial charge in [0.2, 0.25) is 0 Å². The monoisotopic (exact) mass is 258 g/mol. The van der Waals surface area contributed by atoms with E-state index >= 15 is 0 Å². The molecular weight excluding hydrogens is 248 g/mol. The third kappa shape index (κ3) is 1.84. The van der Waals surface area contributed by atoms with Gasteiger partial charge in [-0.05, 0) is 18.6 Å². The van der Waals surface area contributed by atoms with Gasteiger partial charge in [-0.2, -0.15) is 0 Å². The normalized spacial score (nSPS) is 9.69. The van der Waals surface area contributed by atoms with Crippen molar-refractivity contribution in [3.63, 3.8) is 0 Å². The minimum Gasteiger partial charge on any atom is -0.365 e. The largest absolute Gasteiger partial charge is 0.365 e. The maximum Gasteiger partial charge on any atom is 0.183 e. The SMILES string of the molecule is Br.CNc1nc2c(C)cccc2s1. The fourth-order valence-electron chi connectivity index (χ4n) is 1.19. The zero-order chi connectivity index (χ0) is 8.55. The summed E-state index contributed by atoms with van der Waals surface area (Å²) in [6.07, 6.45) is 0. The lowest BCUT2D eigenvalue weighted by Crippen LogP contribution is -1.84. The molecule has 4 heteroatoms. The van der Waals surface area contributed by atoms with Gasteiger partial charge in [-0.1, -0.05) is 23.5 Å². The van der Waals surface area contributed by atoms with Crippen molar-refractivity contribution in [2.24, 2.45) is 0 Å². The predicted molar refractivity (Wildman–Crippen MR) is 64.2 cm³/mol. The molecule has 0 amide bonds. The van der Waals surface area contributed by atoms with Crippen molar-refractivity contribution in [3.8, 4) is 0 Å². The van der Waals surface area contributed by atoms with E-state index in [2.05, 4.69) is 35.4 Å². The van der Waals surface area contributed by atoms with Crippen LogP contribution in [0.25, 0.3) is 10.2 Å². The Labute approximate surface area is 91.8 Å². The highest BCUT2D eigenvalue weighted by Gasteiger charge is 2.02. The van der Waals surface area contributed by atoms with Gasteiger partial charge in [0.1, 0.15) is 0 Å². The number of hydrogen-bond acceptors (Lipinski definition) is 3. The highest BCUT2D eigenvalue weighted by Crippen LogP contribution is 2.27. The Morgan fingerprint density at radius 1 is 1.38 bits per heavy atom. The summed E-state index contributed by atoms with van der Waals surface area (Å²) in [5, 5.41) is 4.04. The number of aryl methyl sites for hydroxylation is 1. The van der Waals surface area contributed by atoms with Crippen LogP contribution < -0.4 is 5.32 Å². The van der Waals surface area contributed by atoms with E-state index in [0.29, 0.717) is 0 Å². The number of anilines is 1. The molecule has 0 saturated heterocycles. The Morgan fingerprint density at radius 2 is 2.15 bits per heavy atom. The summed E-state index contributed by atoms with van der Waals surface area (Å²) in [6.45, 7) is 2.08. The first-order chi connectivity index (χ1) is 5.81. The molecule has 2 aromatic rings. The summed E-state index contributed by atoms with van der Waals surface area (Å²) >= 11 is 1.69. The summed E-state index contributed by atoms with van der Waals surface area (Å²) in [6, 6.07) is 6.25.